The van der Waals surface area contributed by atoms with Gasteiger partial charge in [-0.25, -0.2) is 9.59 Å². The largest absolute Gasteiger partial charge is 0.480 e. The van der Waals surface area contributed by atoms with E-state index >= 15 is 0 Å². The maximum absolute atomic E-state index is 13.2. The number of hydrogen-bond donors (Lipinski definition) is 1. The lowest BCUT2D eigenvalue weighted by molar-refractivity contribution is -0.142. The Hall–Kier alpha value is -3.60. The second-order valence-electron chi connectivity index (χ2n) is 8.07. The lowest BCUT2D eigenvalue weighted by Gasteiger charge is -2.28. The van der Waals surface area contributed by atoms with Gasteiger partial charge in [-0.3, -0.25) is 4.90 Å². The summed E-state index contributed by atoms with van der Waals surface area (Å²) in [5.74, 6) is -1.05. The van der Waals surface area contributed by atoms with Crippen molar-refractivity contribution in [2.75, 3.05) is 6.61 Å². The SMILES string of the molecule is O=C(O)[C@H]1CC[C@H](c2ccccc2)N1C(=O)OCC1c2ccccc2-c2ccccc21. The third-order valence-electron chi connectivity index (χ3n) is 6.40. The summed E-state index contributed by atoms with van der Waals surface area (Å²) < 4.78 is 5.78. The molecule has 1 aliphatic carbocycles. The number of hydrogen-bond acceptors (Lipinski definition) is 3. The number of carboxylic acids is 1. The molecule has 3 aromatic rings. The first kappa shape index (κ1) is 19.4. The van der Waals surface area contributed by atoms with Gasteiger partial charge in [0.2, 0.25) is 0 Å². The van der Waals surface area contributed by atoms with Crippen molar-refractivity contribution >= 4 is 12.1 Å². The van der Waals surface area contributed by atoms with E-state index in [1.54, 1.807) is 0 Å². The molecule has 31 heavy (non-hydrogen) atoms. The molecule has 1 aliphatic heterocycles. The van der Waals surface area contributed by atoms with Crippen LogP contribution in [0.25, 0.3) is 11.1 Å². The number of fused-ring (bicyclic) bond motifs is 3. The molecule has 5 heteroatoms. The average Bonchev–Trinajstić information content (AvgIpc) is 3.38. The van der Waals surface area contributed by atoms with E-state index in [-0.39, 0.29) is 18.6 Å². The Balaban J connectivity index is 1.40. The molecule has 0 spiro atoms. The van der Waals surface area contributed by atoms with Crippen molar-refractivity contribution in [1.29, 1.82) is 0 Å². The smallest absolute Gasteiger partial charge is 0.411 e. The predicted molar refractivity (Wildman–Crippen MR) is 117 cm³/mol. The number of carbonyl (C=O) groups excluding carboxylic acids is 1. The quantitative estimate of drug-likeness (QED) is 0.636. The molecular weight excluding hydrogens is 390 g/mol. The highest BCUT2D eigenvalue weighted by molar-refractivity contribution is 5.82. The summed E-state index contributed by atoms with van der Waals surface area (Å²) in [4.78, 5) is 26.4. The van der Waals surface area contributed by atoms with Crippen LogP contribution in [0.4, 0.5) is 4.79 Å². The van der Waals surface area contributed by atoms with Gasteiger partial charge in [0.15, 0.2) is 0 Å². The molecule has 5 rings (SSSR count). The van der Waals surface area contributed by atoms with E-state index in [4.69, 9.17) is 4.74 Å². The number of likely N-dealkylation sites (tertiary alicyclic amines) is 1. The lowest BCUT2D eigenvalue weighted by Crippen LogP contribution is -2.42. The molecule has 2 atom stereocenters. The molecule has 1 saturated heterocycles. The van der Waals surface area contributed by atoms with E-state index < -0.39 is 18.1 Å². The topological polar surface area (TPSA) is 66.8 Å². The number of rotatable bonds is 4. The molecule has 3 aromatic carbocycles. The summed E-state index contributed by atoms with van der Waals surface area (Å²) in [5.41, 5.74) is 5.51. The highest BCUT2D eigenvalue weighted by Gasteiger charge is 2.43. The molecule has 156 valence electrons. The number of benzene rings is 3. The second-order valence-corrected chi connectivity index (χ2v) is 8.07. The van der Waals surface area contributed by atoms with Crippen LogP contribution < -0.4 is 0 Å². The minimum Gasteiger partial charge on any atom is -0.480 e. The summed E-state index contributed by atoms with van der Waals surface area (Å²) in [5, 5.41) is 9.69. The zero-order valence-corrected chi connectivity index (χ0v) is 17.0. The van der Waals surface area contributed by atoms with Gasteiger partial charge in [-0.15, -0.1) is 0 Å². The molecule has 2 aliphatic rings. The van der Waals surface area contributed by atoms with Gasteiger partial charge in [0.05, 0.1) is 6.04 Å². The Morgan fingerprint density at radius 1 is 0.839 bits per heavy atom. The van der Waals surface area contributed by atoms with Gasteiger partial charge in [-0.05, 0) is 40.7 Å². The van der Waals surface area contributed by atoms with Crippen LogP contribution >= 0.6 is 0 Å². The summed E-state index contributed by atoms with van der Waals surface area (Å²) in [6.07, 6.45) is 0.449. The van der Waals surface area contributed by atoms with Gasteiger partial charge in [0, 0.05) is 5.92 Å². The van der Waals surface area contributed by atoms with Crippen LogP contribution in [0.5, 0.6) is 0 Å². The van der Waals surface area contributed by atoms with Crippen LogP contribution in [0, 0.1) is 0 Å². The number of carboxylic acid groups (broad SMARTS) is 1. The summed E-state index contributed by atoms with van der Waals surface area (Å²) in [7, 11) is 0. The number of nitrogens with zero attached hydrogens (tertiary/aromatic N) is 1. The first-order chi connectivity index (χ1) is 15.1. The molecule has 0 aromatic heterocycles. The molecular formula is C26H23NO4. The van der Waals surface area contributed by atoms with E-state index in [1.807, 2.05) is 54.6 Å². The fourth-order valence-electron chi connectivity index (χ4n) is 4.98. The maximum atomic E-state index is 13.2. The number of aliphatic carboxylic acids is 1. The zero-order valence-electron chi connectivity index (χ0n) is 17.0. The lowest BCUT2D eigenvalue weighted by atomic mass is 9.98. The van der Waals surface area contributed by atoms with Gasteiger partial charge >= 0.3 is 12.1 Å². The standard InChI is InChI=1S/C26H23NO4/c28-25(29)24-15-14-23(17-8-2-1-3-9-17)27(24)26(30)31-16-22-20-12-6-4-10-18(20)19-11-5-7-13-21(19)22/h1-13,22-24H,14-16H2,(H,28,29)/t23-,24-/m1/s1. The normalized spacial score (nSPS) is 19.7. The molecule has 0 radical (unpaired) electrons. The van der Waals surface area contributed by atoms with E-state index in [9.17, 15) is 14.7 Å². The summed E-state index contributed by atoms with van der Waals surface area (Å²) >= 11 is 0. The van der Waals surface area contributed by atoms with Crippen molar-refractivity contribution in [2.45, 2.75) is 30.8 Å². The van der Waals surface area contributed by atoms with E-state index in [2.05, 4.69) is 24.3 Å². The number of carbonyl (C=O) groups is 2. The van der Waals surface area contributed by atoms with Gasteiger partial charge in [0.25, 0.3) is 0 Å². The third-order valence-corrected chi connectivity index (χ3v) is 6.40. The summed E-state index contributed by atoms with van der Waals surface area (Å²) in [6, 6.07) is 24.7. The Kier molecular flexibility index (Phi) is 4.94. The van der Waals surface area contributed by atoms with Crippen LogP contribution in [0.2, 0.25) is 0 Å². The fraction of sp³-hybridized carbons (Fsp3) is 0.231. The number of ether oxygens (including phenoxy) is 1. The minimum atomic E-state index is -0.994. The second kappa shape index (κ2) is 7.91. The molecule has 1 fully saturated rings. The first-order valence-corrected chi connectivity index (χ1v) is 10.6. The Labute approximate surface area is 180 Å². The van der Waals surface area contributed by atoms with Gasteiger partial charge in [-0.2, -0.15) is 0 Å². The molecule has 0 unspecified atom stereocenters. The van der Waals surface area contributed by atoms with Crippen molar-refractivity contribution in [3.05, 3.63) is 95.6 Å². The Bertz CT molecular complexity index is 1080. The average molecular weight is 413 g/mol. The van der Waals surface area contributed by atoms with Crippen LogP contribution in [0.3, 0.4) is 0 Å². The Morgan fingerprint density at radius 3 is 2.03 bits per heavy atom. The van der Waals surface area contributed by atoms with Crippen molar-refractivity contribution in [2.24, 2.45) is 0 Å². The van der Waals surface area contributed by atoms with E-state index in [1.165, 1.54) is 4.90 Å². The monoisotopic (exact) mass is 413 g/mol. The predicted octanol–water partition coefficient (Wildman–Crippen LogP) is 5.23. The molecule has 0 bridgehead atoms. The molecule has 5 nitrogen and oxygen atoms in total. The third kappa shape index (κ3) is 3.36. The van der Waals surface area contributed by atoms with Crippen molar-refractivity contribution in [3.63, 3.8) is 0 Å². The highest BCUT2D eigenvalue weighted by Crippen LogP contribution is 2.45. The van der Waals surface area contributed by atoms with Crippen LogP contribution in [0.1, 0.15) is 41.5 Å². The highest BCUT2D eigenvalue weighted by atomic mass is 16.6. The van der Waals surface area contributed by atoms with Gasteiger partial charge in [-0.1, -0.05) is 78.9 Å². The van der Waals surface area contributed by atoms with E-state index in [0.29, 0.717) is 12.8 Å². The van der Waals surface area contributed by atoms with Gasteiger partial charge < -0.3 is 9.84 Å². The van der Waals surface area contributed by atoms with Crippen molar-refractivity contribution < 1.29 is 19.4 Å². The van der Waals surface area contributed by atoms with Gasteiger partial charge in [0.1, 0.15) is 12.6 Å². The van der Waals surface area contributed by atoms with Crippen LogP contribution in [-0.2, 0) is 9.53 Å². The Morgan fingerprint density at radius 2 is 1.42 bits per heavy atom. The van der Waals surface area contributed by atoms with Crippen LogP contribution in [0.15, 0.2) is 78.9 Å². The minimum absolute atomic E-state index is 0.0580. The molecule has 0 saturated carbocycles. The van der Waals surface area contributed by atoms with Crippen LogP contribution in [-0.4, -0.2) is 34.7 Å². The van der Waals surface area contributed by atoms with E-state index in [0.717, 1.165) is 27.8 Å². The first-order valence-electron chi connectivity index (χ1n) is 10.6. The zero-order chi connectivity index (χ0) is 21.4. The number of amides is 1. The molecule has 1 heterocycles. The van der Waals surface area contributed by atoms with Crippen molar-refractivity contribution in [1.82, 2.24) is 4.90 Å². The molecule has 1 N–H and O–H groups in total. The van der Waals surface area contributed by atoms with Crippen molar-refractivity contribution in [3.8, 4) is 11.1 Å². The molecule has 1 amide bonds. The maximum Gasteiger partial charge on any atom is 0.411 e. The summed E-state index contributed by atoms with van der Waals surface area (Å²) in [6.45, 7) is 0.178. The fourth-order valence-corrected chi connectivity index (χ4v) is 4.98.